The normalized spacial score (nSPS) is 22.6. The van der Waals surface area contributed by atoms with Crippen LogP contribution in [0.5, 0.6) is 0 Å². The number of allylic oxidation sites excluding steroid dienone is 1. The molecule has 2 unspecified atom stereocenters. The van der Waals surface area contributed by atoms with Gasteiger partial charge in [-0.2, -0.15) is 5.10 Å². The lowest BCUT2D eigenvalue weighted by molar-refractivity contribution is 0.0807. The van der Waals surface area contributed by atoms with Crippen LogP contribution in [-0.2, 0) is 6.42 Å². The van der Waals surface area contributed by atoms with Gasteiger partial charge in [0.05, 0.1) is 16.4 Å². The molecule has 8 heteroatoms. The van der Waals surface area contributed by atoms with E-state index in [0.717, 1.165) is 64.9 Å². The summed E-state index contributed by atoms with van der Waals surface area (Å²) in [5, 5.41) is 8.03. The van der Waals surface area contributed by atoms with Crippen molar-refractivity contribution < 1.29 is 4.79 Å². The molecule has 1 aliphatic heterocycles. The van der Waals surface area contributed by atoms with E-state index in [9.17, 15) is 4.79 Å². The molecule has 1 aromatic heterocycles. The molecule has 2 aliphatic carbocycles. The molecular formula is C28H27BrCl2N4O. The molecule has 2 fully saturated rings. The summed E-state index contributed by atoms with van der Waals surface area (Å²) < 4.78 is 2.88. The number of amides is 1. The second kappa shape index (κ2) is 9.97. The maximum atomic E-state index is 13.6. The van der Waals surface area contributed by atoms with E-state index in [0.29, 0.717) is 27.6 Å². The van der Waals surface area contributed by atoms with Crippen molar-refractivity contribution in [2.75, 3.05) is 13.1 Å². The Morgan fingerprint density at radius 3 is 2.50 bits per heavy atom. The number of hydrogen-bond acceptors (Lipinski definition) is 3. The Morgan fingerprint density at radius 2 is 1.78 bits per heavy atom. The smallest absolute Gasteiger partial charge is 0.283 e. The highest BCUT2D eigenvalue weighted by molar-refractivity contribution is 9.10. The summed E-state index contributed by atoms with van der Waals surface area (Å²) in [5.41, 5.74) is 8.55. The summed E-state index contributed by atoms with van der Waals surface area (Å²) in [6, 6.07) is 13.6. The number of hydrogen-bond donors (Lipinski definition) is 1. The van der Waals surface area contributed by atoms with Crippen molar-refractivity contribution in [3.63, 3.8) is 0 Å². The first-order valence-electron chi connectivity index (χ1n) is 12.6. The van der Waals surface area contributed by atoms with Crippen LogP contribution in [0.25, 0.3) is 17.3 Å². The fourth-order valence-corrected chi connectivity index (χ4v) is 6.78. The monoisotopic (exact) mass is 584 g/mol. The second-order valence-corrected chi connectivity index (χ2v) is 11.8. The molecule has 1 amide bonds. The minimum atomic E-state index is -0.139. The second-order valence-electron chi connectivity index (χ2n) is 10.1. The highest BCUT2D eigenvalue weighted by atomic mass is 79.9. The van der Waals surface area contributed by atoms with E-state index in [-0.39, 0.29) is 5.91 Å². The average molecular weight is 586 g/mol. The van der Waals surface area contributed by atoms with E-state index in [2.05, 4.69) is 44.6 Å². The van der Waals surface area contributed by atoms with E-state index in [4.69, 9.17) is 28.3 Å². The Bertz CT molecular complexity index is 1340. The van der Waals surface area contributed by atoms with Crippen LogP contribution < -0.4 is 5.43 Å². The Morgan fingerprint density at radius 1 is 1.03 bits per heavy atom. The molecule has 5 nitrogen and oxygen atoms in total. The largest absolute Gasteiger partial charge is 0.286 e. The third-order valence-electron chi connectivity index (χ3n) is 7.71. The van der Waals surface area contributed by atoms with Gasteiger partial charge in [-0.05, 0) is 91.5 Å². The summed E-state index contributed by atoms with van der Waals surface area (Å²) in [6.45, 7) is 1.86. The highest BCUT2D eigenvalue weighted by Gasteiger charge is 2.37. The third kappa shape index (κ3) is 4.65. The molecular weight excluding hydrogens is 559 g/mol. The lowest BCUT2D eigenvalue weighted by Gasteiger charge is -2.20. The number of carbonyl (C=O) groups is 1. The lowest BCUT2D eigenvalue weighted by atomic mass is 9.89. The fraction of sp³-hybridized carbons (Fsp3) is 0.357. The van der Waals surface area contributed by atoms with Gasteiger partial charge in [0.1, 0.15) is 0 Å². The van der Waals surface area contributed by atoms with Crippen molar-refractivity contribution in [1.29, 1.82) is 0 Å². The molecule has 0 bridgehead atoms. The third-order valence-corrected chi connectivity index (χ3v) is 8.78. The lowest BCUT2D eigenvalue weighted by Crippen LogP contribution is -2.41. The van der Waals surface area contributed by atoms with Gasteiger partial charge >= 0.3 is 0 Å². The molecule has 6 rings (SSSR count). The van der Waals surface area contributed by atoms with E-state index in [1.54, 1.807) is 12.1 Å². The molecule has 2 heterocycles. The molecule has 3 aromatic rings. The number of carbonyl (C=O) groups excluding carboxylic acids is 1. The molecule has 2 atom stereocenters. The molecule has 3 aliphatic rings. The zero-order valence-electron chi connectivity index (χ0n) is 19.8. The van der Waals surface area contributed by atoms with Gasteiger partial charge in [0.2, 0.25) is 0 Å². The maximum absolute atomic E-state index is 13.6. The van der Waals surface area contributed by atoms with Crippen molar-refractivity contribution in [3.8, 4) is 5.69 Å². The average Bonchev–Trinajstić information content (AvgIpc) is 3.55. The SMILES string of the molecule is O=C(NN1CC2CCCC2C1)c1nn(-c2ccc(Cl)cc2Cl)c2c1CCC/C2=C\c1ccc(Br)cc1. The molecule has 2 aromatic carbocycles. The van der Waals surface area contributed by atoms with E-state index < -0.39 is 0 Å². The van der Waals surface area contributed by atoms with Gasteiger partial charge in [0.25, 0.3) is 5.91 Å². The predicted molar refractivity (Wildman–Crippen MR) is 148 cm³/mol. The number of hydrazine groups is 1. The van der Waals surface area contributed by atoms with E-state index >= 15 is 0 Å². The Hall–Kier alpha value is -2.12. The fourth-order valence-electron chi connectivity index (χ4n) is 6.02. The number of halogens is 3. The van der Waals surface area contributed by atoms with Crippen LogP contribution in [0.1, 0.15) is 59.4 Å². The van der Waals surface area contributed by atoms with Crippen molar-refractivity contribution in [1.82, 2.24) is 20.2 Å². The van der Waals surface area contributed by atoms with Gasteiger partial charge in [-0.1, -0.05) is 57.7 Å². The van der Waals surface area contributed by atoms with Crippen molar-refractivity contribution in [3.05, 3.63) is 79.5 Å². The van der Waals surface area contributed by atoms with Crippen molar-refractivity contribution in [2.45, 2.75) is 38.5 Å². The van der Waals surface area contributed by atoms with Crippen LogP contribution in [0, 0.1) is 11.8 Å². The van der Waals surface area contributed by atoms with Gasteiger partial charge in [0.15, 0.2) is 5.69 Å². The summed E-state index contributed by atoms with van der Waals surface area (Å²) in [6.07, 6.45) is 8.69. The van der Waals surface area contributed by atoms with Gasteiger partial charge in [-0.15, -0.1) is 0 Å². The summed E-state index contributed by atoms with van der Waals surface area (Å²) in [7, 11) is 0. The van der Waals surface area contributed by atoms with Crippen LogP contribution in [-0.4, -0.2) is 33.8 Å². The quantitative estimate of drug-likeness (QED) is 0.352. The Kier molecular flexibility index (Phi) is 6.71. The molecule has 1 N–H and O–H groups in total. The number of nitrogens with zero attached hydrogens (tertiary/aromatic N) is 3. The number of benzene rings is 2. The van der Waals surface area contributed by atoms with Crippen LogP contribution in [0.3, 0.4) is 0 Å². The maximum Gasteiger partial charge on any atom is 0.286 e. The predicted octanol–water partition coefficient (Wildman–Crippen LogP) is 7.20. The number of aromatic nitrogens is 2. The number of fused-ring (bicyclic) bond motifs is 2. The van der Waals surface area contributed by atoms with Gasteiger partial charge in [-0.25, -0.2) is 9.69 Å². The molecule has 1 saturated heterocycles. The topological polar surface area (TPSA) is 50.2 Å². The van der Waals surface area contributed by atoms with E-state index in [1.165, 1.54) is 19.3 Å². The molecule has 36 heavy (non-hydrogen) atoms. The van der Waals surface area contributed by atoms with Crippen LogP contribution in [0.15, 0.2) is 46.9 Å². The Balaban J connectivity index is 1.41. The molecule has 1 saturated carbocycles. The van der Waals surface area contributed by atoms with Crippen LogP contribution >= 0.6 is 39.1 Å². The minimum absolute atomic E-state index is 0.139. The van der Waals surface area contributed by atoms with Crippen LogP contribution in [0.2, 0.25) is 10.0 Å². The van der Waals surface area contributed by atoms with Gasteiger partial charge in [0, 0.05) is 28.1 Å². The van der Waals surface area contributed by atoms with Crippen LogP contribution in [0.4, 0.5) is 0 Å². The number of nitrogens with one attached hydrogen (secondary N) is 1. The first-order chi connectivity index (χ1) is 17.5. The molecule has 0 radical (unpaired) electrons. The van der Waals surface area contributed by atoms with Gasteiger partial charge in [-0.3, -0.25) is 10.2 Å². The Labute approximate surface area is 229 Å². The van der Waals surface area contributed by atoms with Crippen molar-refractivity contribution >= 4 is 56.7 Å². The van der Waals surface area contributed by atoms with Crippen molar-refractivity contribution in [2.24, 2.45) is 11.8 Å². The molecule has 0 spiro atoms. The standard InChI is InChI=1S/C28H27BrCl2N4O/c29-21-9-7-17(8-10-21)13-18-3-2-6-23-26(28(36)33-34-15-19-4-1-5-20(19)16-34)32-35(27(18)23)25-12-11-22(30)14-24(25)31/h7-14,19-20H,1-6,15-16H2,(H,33,36)/b18-13+. The highest BCUT2D eigenvalue weighted by Crippen LogP contribution is 2.39. The summed E-state index contributed by atoms with van der Waals surface area (Å²) in [5.74, 6) is 1.26. The summed E-state index contributed by atoms with van der Waals surface area (Å²) >= 11 is 16.3. The first-order valence-corrected chi connectivity index (χ1v) is 14.1. The molecule has 186 valence electrons. The summed E-state index contributed by atoms with van der Waals surface area (Å²) in [4.78, 5) is 13.6. The zero-order chi connectivity index (χ0) is 24.8. The zero-order valence-corrected chi connectivity index (χ0v) is 22.9. The first kappa shape index (κ1) is 24.2. The van der Waals surface area contributed by atoms with E-state index in [1.807, 2.05) is 22.9 Å². The number of rotatable bonds is 4. The van der Waals surface area contributed by atoms with Gasteiger partial charge < -0.3 is 0 Å². The minimum Gasteiger partial charge on any atom is -0.283 e.